The summed E-state index contributed by atoms with van der Waals surface area (Å²) >= 11 is 14.5. The number of aliphatic hydroxyl groups is 1. The molecule has 1 heterocycles. The fourth-order valence-corrected chi connectivity index (χ4v) is 5.58. The van der Waals surface area contributed by atoms with Gasteiger partial charge in [0.2, 0.25) is 0 Å². The minimum atomic E-state index is -1.62. The van der Waals surface area contributed by atoms with Gasteiger partial charge >= 0.3 is 6.03 Å². The summed E-state index contributed by atoms with van der Waals surface area (Å²) < 4.78 is 0.975. The lowest BCUT2D eigenvalue weighted by Crippen LogP contribution is -2.59. The van der Waals surface area contributed by atoms with Crippen LogP contribution in [0.25, 0.3) is 0 Å². The van der Waals surface area contributed by atoms with Crippen molar-refractivity contribution in [3.63, 3.8) is 0 Å². The van der Waals surface area contributed by atoms with Crippen LogP contribution in [-0.4, -0.2) is 16.7 Å². The van der Waals surface area contributed by atoms with Crippen molar-refractivity contribution >= 4 is 63.2 Å². The Morgan fingerprint density at radius 3 is 1.81 bits per heavy atom. The van der Waals surface area contributed by atoms with E-state index in [-0.39, 0.29) is 6.03 Å². The molecule has 0 saturated carbocycles. The Balaban J connectivity index is 2.04. The standard InChI is InChI=1S/C25H23Cl2IN2O2/c1-3-24(4-2)25(32,17-6-5-7-20(28)16-17)30(22-14-10-19(27)11-15-22)23(31)29(24)21-12-8-18(26)9-13-21/h5-16,32H,3-4H2,1-2H3. The summed E-state index contributed by atoms with van der Waals surface area (Å²) in [6, 6.07) is 21.5. The molecule has 0 radical (unpaired) electrons. The first-order chi connectivity index (χ1) is 15.3. The van der Waals surface area contributed by atoms with Gasteiger partial charge in [-0.15, -0.1) is 0 Å². The van der Waals surface area contributed by atoms with E-state index in [0.29, 0.717) is 39.8 Å². The number of amides is 2. The van der Waals surface area contributed by atoms with E-state index < -0.39 is 11.3 Å². The molecule has 3 aromatic rings. The van der Waals surface area contributed by atoms with Crippen LogP contribution >= 0.6 is 45.8 Å². The number of carbonyl (C=O) groups is 1. The van der Waals surface area contributed by atoms with Crippen LogP contribution < -0.4 is 9.80 Å². The predicted molar refractivity (Wildman–Crippen MR) is 140 cm³/mol. The number of halogens is 3. The minimum Gasteiger partial charge on any atom is -0.364 e. The van der Waals surface area contributed by atoms with Crippen molar-refractivity contribution in [1.29, 1.82) is 0 Å². The maximum atomic E-state index is 14.1. The second-order valence-corrected chi connectivity index (χ2v) is 9.95. The quantitative estimate of drug-likeness (QED) is 0.319. The van der Waals surface area contributed by atoms with Gasteiger partial charge in [-0.05, 0) is 96.1 Å². The number of carbonyl (C=O) groups excluding carboxylic acids is 1. The van der Waals surface area contributed by atoms with Crippen molar-refractivity contribution in [3.05, 3.63) is 92.0 Å². The molecular formula is C25H23Cl2IN2O2. The Morgan fingerprint density at radius 2 is 1.34 bits per heavy atom. The Kier molecular flexibility index (Phi) is 6.47. The molecule has 1 unspecified atom stereocenters. The Morgan fingerprint density at radius 1 is 0.844 bits per heavy atom. The Hall–Kier alpha value is -1.80. The highest BCUT2D eigenvalue weighted by molar-refractivity contribution is 14.1. The average molecular weight is 581 g/mol. The normalized spacial score (nSPS) is 20.1. The molecule has 2 amide bonds. The summed E-state index contributed by atoms with van der Waals surface area (Å²) in [6.45, 7) is 4.01. The second-order valence-electron chi connectivity index (χ2n) is 7.83. The highest BCUT2D eigenvalue weighted by atomic mass is 127. The maximum absolute atomic E-state index is 14.1. The third-order valence-corrected chi connectivity index (χ3v) is 7.52. The van der Waals surface area contributed by atoms with Crippen molar-refractivity contribution in [2.45, 2.75) is 38.0 Å². The number of urea groups is 1. The van der Waals surface area contributed by atoms with Crippen LogP contribution in [0.2, 0.25) is 10.0 Å². The van der Waals surface area contributed by atoms with Crippen LogP contribution in [-0.2, 0) is 5.72 Å². The largest absolute Gasteiger partial charge is 0.364 e. The predicted octanol–water partition coefficient (Wildman–Crippen LogP) is 7.45. The van der Waals surface area contributed by atoms with Crippen molar-refractivity contribution in [2.24, 2.45) is 0 Å². The Bertz CT molecular complexity index is 1130. The zero-order chi connectivity index (χ0) is 23.1. The number of anilines is 2. The molecule has 0 aromatic heterocycles. The summed E-state index contributed by atoms with van der Waals surface area (Å²) in [5.41, 5.74) is -0.635. The molecule has 0 spiro atoms. The molecule has 1 aliphatic rings. The van der Waals surface area contributed by atoms with E-state index in [2.05, 4.69) is 22.6 Å². The van der Waals surface area contributed by atoms with Gasteiger partial charge in [0.25, 0.3) is 0 Å². The van der Waals surface area contributed by atoms with E-state index in [1.54, 1.807) is 41.3 Å². The fourth-order valence-electron chi connectivity index (χ4n) is 4.78. The lowest BCUT2D eigenvalue weighted by molar-refractivity contribution is -0.0215. The molecule has 1 N–H and O–H groups in total. The number of rotatable bonds is 5. The van der Waals surface area contributed by atoms with E-state index >= 15 is 0 Å². The zero-order valence-electron chi connectivity index (χ0n) is 17.7. The van der Waals surface area contributed by atoms with Crippen LogP contribution in [0.15, 0.2) is 72.8 Å². The van der Waals surface area contributed by atoms with E-state index in [1.165, 1.54) is 4.90 Å². The van der Waals surface area contributed by atoms with Crippen molar-refractivity contribution < 1.29 is 9.90 Å². The summed E-state index contributed by atoms with van der Waals surface area (Å²) in [4.78, 5) is 17.3. The SMILES string of the molecule is CCC1(CC)N(c2ccc(Cl)cc2)C(=O)N(c2ccc(Cl)cc2)C1(O)c1cccc(I)c1. The number of hydrogen-bond donors (Lipinski definition) is 1. The second kappa shape index (κ2) is 8.86. The molecule has 1 fully saturated rings. The van der Waals surface area contributed by atoms with Crippen LogP contribution in [0.5, 0.6) is 0 Å². The molecule has 4 rings (SSSR count). The molecule has 166 valence electrons. The zero-order valence-corrected chi connectivity index (χ0v) is 21.4. The van der Waals surface area contributed by atoms with Crippen LogP contribution in [0.4, 0.5) is 16.2 Å². The lowest BCUT2D eigenvalue weighted by Gasteiger charge is -2.46. The van der Waals surface area contributed by atoms with Gasteiger partial charge in [0.15, 0.2) is 5.72 Å². The van der Waals surface area contributed by atoms with Crippen molar-refractivity contribution in [2.75, 3.05) is 9.80 Å². The molecule has 1 saturated heterocycles. The summed E-state index contributed by atoms with van der Waals surface area (Å²) in [5.74, 6) is 0. The average Bonchev–Trinajstić information content (AvgIpc) is 2.99. The van der Waals surface area contributed by atoms with Gasteiger partial charge in [-0.25, -0.2) is 4.79 Å². The monoisotopic (exact) mass is 580 g/mol. The van der Waals surface area contributed by atoms with E-state index in [0.717, 1.165) is 3.57 Å². The van der Waals surface area contributed by atoms with Crippen LogP contribution in [0.1, 0.15) is 32.3 Å². The third kappa shape index (κ3) is 3.50. The molecule has 1 atom stereocenters. The molecule has 4 nitrogen and oxygen atoms in total. The minimum absolute atomic E-state index is 0.306. The van der Waals surface area contributed by atoms with Gasteiger partial charge in [-0.1, -0.05) is 49.2 Å². The first kappa shape index (κ1) is 23.4. The number of hydrogen-bond acceptors (Lipinski definition) is 2. The molecule has 3 aromatic carbocycles. The van der Waals surface area contributed by atoms with Gasteiger partial charge in [0, 0.05) is 30.6 Å². The van der Waals surface area contributed by atoms with Gasteiger partial charge in [-0.2, -0.15) is 0 Å². The number of nitrogens with zero attached hydrogens (tertiary/aromatic N) is 2. The maximum Gasteiger partial charge on any atom is 0.332 e. The number of benzene rings is 3. The van der Waals surface area contributed by atoms with Gasteiger partial charge in [0.1, 0.15) is 5.54 Å². The molecular weight excluding hydrogens is 558 g/mol. The smallest absolute Gasteiger partial charge is 0.332 e. The van der Waals surface area contributed by atoms with E-state index in [9.17, 15) is 9.90 Å². The fraction of sp³-hybridized carbons (Fsp3) is 0.240. The van der Waals surface area contributed by atoms with Crippen molar-refractivity contribution in [1.82, 2.24) is 0 Å². The van der Waals surface area contributed by atoms with Gasteiger partial charge in [-0.3, -0.25) is 9.80 Å². The summed E-state index contributed by atoms with van der Waals surface area (Å²) in [7, 11) is 0. The van der Waals surface area contributed by atoms with Crippen LogP contribution in [0.3, 0.4) is 0 Å². The van der Waals surface area contributed by atoms with E-state index in [4.69, 9.17) is 23.2 Å². The Labute approximate surface area is 211 Å². The van der Waals surface area contributed by atoms with Crippen molar-refractivity contribution in [3.8, 4) is 0 Å². The first-order valence-corrected chi connectivity index (χ1v) is 12.3. The first-order valence-electron chi connectivity index (χ1n) is 10.4. The topological polar surface area (TPSA) is 43.8 Å². The summed E-state index contributed by atoms with van der Waals surface area (Å²) in [5, 5.41) is 13.8. The molecule has 32 heavy (non-hydrogen) atoms. The molecule has 0 bridgehead atoms. The van der Waals surface area contributed by atoms with Crippen LogP contribution in [0, 0.1) is 3.57 Å². The van der Waals surface area contributed by atoms with Gasteiger partial charge < -0.3 is 5.11 Å². The lowest BCUT2D eigenvalue weighted by atomic mass is 9.76. The molecule has 1 aliphatic heterocycles. The molecule has 0 aliphatic carbocycles. The molecule has 7 heteroatoms. The van der Waals surface area contributed by atoms with Gasteiger partial charge in [0.05, 0.1) is 0 Å². The highest BCUT2D eigenvalue weighted by Crippen LogP contribution is 2.54. The van der Waals surface area contributed by atoms with E-state index in [1.807, 2.05) is 50.2 Å². The summed E-state index contributed by atoms with van der Waals surface area (Å²) in [6.07, 6.45) is 1.06. The third-order valence-electron chi connectivity index (χ3n) is 6.35. The highest BCUT2D eigenvalue weighted by Gasteiger charge is 2.66.